The van der Waals surface area contributed by atoms with E-state index in [0.717, 1.165) is 36.0 Å². The molecule has 1 aliphatic heterocycles. The van der Waals surface area contributed by atoms with Crippen molar-refractivity contribution in [1.29, 1.82) is 5.26 Å². The number of nitriles is 1. The van der Waals surface area contributed by atoms with Crippen LogP contribution in [0.5, 0.6) is 5.75 Å². The van der Waals surface area contributed by atoms with Crippen molar-refractivity contribution in [2.75, 3.05) is 50.7 Å². The summed E-state index contributed by atoms with van der Waals surface area (Å²) in [5.74, 6) is 2.88. The van der Waals surface area contributed by atoms with Gasteiger partial charge in [0.25, 0.3) is 0 Å². The molecule has 1 unspecified atom stereocenters. The Labute approximate surface area is 237 Å². The molecule has 2 aromatic rings. The molecule has 1 N–H and O–H groups in total. The fourth-order valence-corrected chi connectivity index (χ4v) is 5.47. The molecular weight excluding hydrogens is 508 g/mol. The average molecular weight is 549 g/mol. The van der Waals surface area contributed by atoms with E-state index in [2.05, 4.69) is 56.5 Å². The smallest absolute Gasteiger partial charge is 0.223 e. The predicted octanol–water partition coefficient (Wildman–Crippen LogP) is 5.27. The highest BCUT2D eigenvalue weighted by Crippen LogP contribution is 2.31. The van der Waals surface area contributed by atoms with E-state index < -0.39 is 0 Å². The zero-order valence-electron chi connectivity index (χ0n) is 23.3. The Bertz CT molecular complexity index is 1140. The molecule has 4 rings (SSSR count). The number of thioether (sulfide) groups is 1. The second-order valence-electron chi connectivity index (χ2n) is 9.88. The number of ether oxygens (including phenoxy) is 2. The summed E-state index contributed by atoms with van der Waals surface area (Å²) in [6.07, 6.45) is 14.9. The molecule has 1 atom stereocenters. The van der Waals surface area contributed by atoms with Gasteiger partial charge in [0.2, 0.25) is 5.95 Å². The lowest BCUT2D eigenvalue weighted by atomic mass is 10.0. The van der Waals surface area contributed by atoms with E-state index in [4.69, 9.17) is 9.47 Å². The van der Waals surface area contributed by atoms with Gasteiger partial charge in [-0.15, -0.1) is 0 Å². The molecule has 0 amide bonds. The third-order valence-corrected chi connectivity index (χ3v) is 7.89. The van der Waals surface area contributed by atoms with Crippen LogP contribution in [0, 0.1) is 17.2 Å². The van der Waals surface area contributed by atoms with Crippen molar-refractivity contribution in [2.45, 2.75) is 45.4 Å². The molecule has 208 valence electrons. The van der Waals surface area contributed by atoms with Crippen LogP contribution in [0.2, 0.25) is 0 Å². The molecule has 1 aliphatic carbocycles. The first-order chi connectivity index (χ1) is 19.1. The van der Waals surface area contributed by atoms with E-state index in [1.807, 2.05) is 24.3 Å². The standard InChI is InChI=1S/C30H40N6O2S/c1-4-35(21-24-7-5-6-8-24)27-13-14-29(37-2)36(22-25-11-9-23(17-31)10-12-25)28(27)20-34-30-32-18-26(19-33-30)38-15-16-39-3/h9-14,18-19,24,29H,4-8,15-16,20-22H2,1-3H3,(H,32,33,34). The Balaban J connectivity index is 1.59. The molecule has 0 saturated heterocycles. The monoisotopic (exact) mass is 548 g/mol. The molecule has 1 fully saturated rings. The number of benzene rings is 1. The van der Waals surface area contributed by atoms with Crippen molar-refractivity contribution >= 4 is 17.7 Å². The molecule has 9 heteroatoms. The van der Waals surface area contributed by atoms with E-state index in [0.29, 0.717) is 37.0 Å². The number of methoxy groups -OCH3 is 1. The Hall–Kier alpha value is -3.22. The van der Waals surface area contributed by atoms with Gasteiger partial charge in [-0.25, -0.2) is 9.97 Å². The number of anilines is 1. The van der Waals surface area contributed by atoms with Crippen molar-refractivity contribution in [1.82, 2.24) is 19.8 Å². The van der Waals surface area contributed by atoms with Crippen molar-refractivity contribution in [3.05, 3.63) is 71.3 Å². The summed E-state index contributed by atoms with van der Waals surface area (Å²) in [7, 11) is 1.74. The second kappa shape index (κ2) is 14.8. The number of rotatable bonds is 14. The van der Waals surface area contributed by atoms with Gasteiger partial charge in [0.05, 0.1) is 48.6 Å². The Kier molecular flexibility index (Phi) is 10.9. The number of nitrogens with one attached hydrogen (secondary N) is 1. The fraction of sp³-hybridized carbons (Fsp3) is 0.500. The van der Waals surface area contributed by atoms with Crippen molar-refractivity contribution in [3.8, 4) is 11.8 Å². The molecule has 1 aromatic heterocycles. The largest absolute Gasteiger partial charge is 0.489 e. The van der Waals surface area contributed by atoms with Crippen LogP contribution >= 0.6 is 11.8 Å². The summed E-state index contributed by atoms with van der Waals surface area (Å²) in [6, 6.07) is 9.98. The third-order valence-electron chi connectivity index (χ3n) is 7.32. The van der Waals surface area contributed by atoms with Gasteiger partial charge in [-0.1, -0.05) is 25.0 Å². The first kappa shape index (κ1) is 28.8. The van der Waals surface area contributed by atoms with E-state index in [-0.39, 0.29) is 6.23 Å². The van der Waals surface area contributed by atoms with Crippen molar-refractivity contribution in [2.24, 2.45) is 5.92 Å². The Morgan fingerprint density at radius 3 is 2.56 bits per heavy atom. The van der Waals surface area contributed by atoms with Crippen LogP contribution in [0.3, 0.4) is 0 Å². The molecule has 8 nitrogen and oxygen atoms in total. The number of hydrogen-bond donors (Lipinski definition) is 1. The van der Waals surface area contributed by atoms with E-state index in [1.165, 1.54) is 31.4 Å². The van der Waals surface area contributed by atoms with Crippen LogP contribution < -0.4 is 10.1 Å². The van der Waals surface area contributed by atoms with E-state index >= 15 is 0 Å². The summed E-state index contributed by atoms with van der Waals surface area (Å²) in [6.45, 7) is 6.05. The van der Waals surface area contributed by atoms with E-state index in [9.17, 15) is 5.26 Å². The number of likely N-dealkylation sites (N-methyl/N-ethyl adjacent to an activating group) is 1. The quantitative estimate of drug-likeness (QED) is 0.317. The molecule has 1 aromatic carbocycles. The lowest BCUT2D eigenvalue weighted by Crippen LogP contribution is -2.42. The minimum absolute atomic E-state index is 0.209. The zero-order chi connectivity index (χ0) is 27.5. The second-order valence-corrected chi connectivity index (χ2v) is 10.9. The summed E-state index contributed by atoms with van der Waals surface area (Å²) in [5, 5.41) is 12.7. The molecule has 39 heavy (non-hydrogen) atoms. The molecule has 0 radical (unpaired) electrons. The van der Waals surface area contributed by atoms with Gasteiger partial charge in [0.15, 0.2) is 5.75 Å². The van der Waals surface area contributed by atoms with Crippen LogP contribution in [-0.2, 0) is 11.3 Å². The van der Waals surface area contributed by atoms with Gasteiger partial charge in [-0.05, 0) is 61.8 Å². The fourth-order valence-electron chi connectivity index (χ4n) is 5.22. The molecule has 0 spiro atoms. The highest BCUT2D eigenvalue weighted by molar-refractivity contribution is 7.98. The number of allylic oxidation sites excluding steroid dienone is 1. The van der Waals surface area contributed by atoms with Gasteiger partial charge in [0, 0.05) is 32.5 Å². The lowest BCUT2D eigenvalue weighted by molar-refractivity contribution is 0.0136. The highest BCUT2D eigenvalue weighted by Gasteiger charge is 2.29. The lowest BCUT2D eigenvalue weighted by Gasteiger charge is -2.40. The average Bonchev–Trinajstić information content (AvgIpc) is 3.49. The number of aromatic nitrogens is 2. The summed E-state index contributed by atoms with van der Waals surface area (Å²) < 4.78 is 11.6. The van der Waals surface area contributed by atoms with Gasteiger partial charge >= 0.3 is 0 Å². The van der Waals surface area contributed by atoms with Gasteiger partial charge in [-0.3, -0.25) is 0 Å². The Morgan fingerprint density at radius 2 is 1.92 bits per heavy atom. The maximum atomic E-state index is 9.23. The van der Waals surface area contributed by atoms with Gasteiger partial charge in [0.1, 0.15) is 6.23 Å². The Morgan fingerprint density at radius 1 is 1.18 bits per heavy atom. The van der Waals surface area contributed by atoms with Crippen LogP contribution in [-0.4, -0.2) is 71.4 Å². The van der Waals surface area contributed by atoms with Crippen LogP contribution in [0.1, 0.15) is 43.7 Å². The molecule has 2 aliphatic rings. The third kappa shape index (κ3) is 7.90. The molecule has 2 heterocycles. The van der Waals surface area contributed by atoms with E-state index in [1.54, 1.807) is 31.3 Å². The maximum absolute atomic E-state index is 9.23. The van der Waals surface area contributed by atoms with Crippen molar-refractivity contribution < 1.29 is 9.47 Å². The summed E-state index contributed by atoms with van der Waals surface area (Å²) in [4.78, 5) is 13.8. The zero-order valence-corrected chi connectivity index (χ0v) is 24.1. The minimum Gasteiger partial charge on any atom is -0.489 e. The first-order valence-electron chi connectivity index (χ1n) is 13.8. The van der Waals surface area contributed by atoms with Crippen LogP contribution in [0.4, 0.5) is 5.95 Å². The normalized spacial score (nSPS) is 17.4. The molecule has 0 bridgehead atoms. The predicted molar refractivity (Wildman–Crippen MR) is 157 cm³/mol. The number of nitrogens with zero attached hydrogens (tertiary/aromatic N) is 5. The topological polar surface area (TPSA) is 86.5 Å². The molecular formula is C30H40N6O2S. The van der Waals surface area contributed by atoms with Gasteiger partial charge in [-0.2, -0.15) is 17.0 Å². The first-order valence-corrected chi connectivity index (χ1v) is 15.2. The van der Waals surface area contributed by atoms with Crippen LogP contribution in [0.25, 0.3) is 0 Å². The highest BCUT2D eigenvalue weighted by atomic mass is 32.2. The SMILES string of the molecule is CCN(CC1CCCC1)C1=C(CNc2ncc(OCCSC)cn2)N(Cc2ccc(C#N)cc2)C(OC)C=C1. The summed E-state index contributed by atoms with van der Waals surface area (Å²) >= 11 is 1.74. The minimum atomic E-state index is -0.209. The van der Waals surface area contributed by atoms with Crippen molar-refractivity contribution in [3.63, 3.8) is 0 Å². The number of hydrogen-bond acceptors (Lipinski definition) is 9. The summed E-state index contributed by atoms with van der Waals surface area (Å²) in [5.41, 5.74) is 4.11. The maximum Gasteiger partial charge on any atom is 0.223 e. The van der Waals surface area contributed by atoms with Crippen LogP contribution in [0.15, 0.2) is 60.2 Å². The molecule has 1 saturated carbocycles. The van der Waals surface area contributed by atoms with Gasteiger partial charge < -0.3 is 24.6 Å².